The quantitative estimate of drug-likeness (QED) is 0.675. The highest BCUT2D eigenvalue weighted by molar-refractivity contribution is 5.96. The van der Waals surface area contributed by atoms with Crippen LogP contribution in [-0.4, -0.2) is 19.1 Å². The van der Waals surface area contributed by atoms with E-state index in [1.807, 2.05) is 67.6 Å². The molecule has 4 heteroatoms. The molecule has 0 aliphatic carbocycles. The molecule has 0 saturated carbocycles. The molecular weight excluding hydrogens is 362 g/mol. The van der Waals surface area contributed by atoms with Gasteiger partial charge in [-0.05, 0) is 48.2 Å². The fourth-order valence-corrected chi connectivity index (χ4v) is 3.52. The van der Waals surface area contributed by atoms with Gasteiger partial charge < -0.3 is 14.8 Å². The third-order valence-electron chi connectivity index (χ3n) is 5.12. The van der Waals surface area contributed by atoms with Gasteiger partial charge in [-0.3, -0.25) is 4.79 Å². The maximum absolute atomic E-state index is 13.0. The molecule has 3 aromatic rings. The Kier molecular flexibility index (Phi) is 5.80. The van der Waals surface area contributed by atoms with E-state index in [1.54, 1.807) is 0 Å². The summed E-state index contributed by atoms with van der Waals surface area (Å²) >= 11 is 0. The van der Waals surface area contributed by atoms with E-state index in [0.717, 1.165) is 35.5 Å². The minimum absolute atomic E-state index is 0.0730. The van der Waals surface area contributed by atoms with Crippen molar-refractivity contribution in [3.8, 4) is 11.5 Å². The fourth-order valence-electron chi connectivity index (χ4n) is 3.52. The van der Waals surface area contributed by atoms with E-state index in [2.05, 4.69) is 17.4 Å². The van der Waals surface area contributed by atoms with Crippen molar-refractivity contribution >= 4 is 5.91 Å². The second-order valence-corrected chi connectivity index (χ2v) is 7.27. The van der Waals surface area contributed by atoms with Crippen molar-refractivity contribution < 1.29 is 14.3 Å². The molecule has 1 aliphatic rings. The van der Waals surface area contributed by atoms with E-state index >= 15 is 0 Å². The summed E-state index contributed by atoms with van der Waals surface area (Å²) in [5.74, 6) is 1.43. The summed E-state index contributed by atoms with van der Waals surface area (Å²) < 4.78 is 11.5. The van der Waals surface area contributed by atoms with Crippen molar-refractivity contribution in [2.24, 2.45) is 0 Å². The summed E-state index contributed by atoms with van der Waals surface area (Å²) in [5, 5.41) is 3.13. The Hall–Kier alpha value is -3.27. The summed E-state index contributed by atoms with van der Waals surface area (Å²) in [6.07, 6.45) is 1.59. The molecule has 1 N–H and O–H groups in total. The molecule has 1 aliphatic heterocycles. The monoisotopic (exact) mass is 387 g/mol. The lowest BCUT2D eigenvalue weighted by Gasteiger charge is -2.18. The van der Waals surface area contributed by atoms with Crippen molar-refractivity contribution in [2.75, 3.05) is 13.2 Å². The summed E-state index contributed by atoms with van der Waals surface area (Å²) in [5.41, 5.74) is 3.89. The van der Waals surface area contributed by atoms with Crippen LogP contribution in [0.3, 0.4) is 0 Å². The molecule has 0 spiro atoms. The van der Waals surface area contributed by atoms with Gasteiger partial charge in [-0.25, -0.2) is 0 Å². The Morgan fingerprint density at radius 1 is 0.931 bits per heavy atom. The van der Waals surface area contributed by atoms with E-state index in [1.165, 1.54) is 5.56 Å². The normalized spacial score (nSPS) is 14.0. The molecule has 0 saturated heterocycles. The molecule has 3 aromatic carbocycles. The maximum atomic E-state index is 13.0. The van der Waals surface area contributed by atoms with Crippen LogP contribution in [-0.2, 0) is 6.42 Å². The van der Waals surface area contributed by atoms with Crippen LogP contribution in [0.1, 0.15) is 46.4 Å². The first-order chi connectivity index (χ1) is 14.2. The lowest BCUT2D eigenvalue weighted by molar-refractivity contribution is 0.0939. The van der Waals surface area contributed by atoms with Crippen LogP contribution in [0.4, 0.5) is 0 Å². The van der Waals surface area contributed by atoms with Gasteiger partial charge >= 0.3 is 0 Å². The van der Waals surface area contributed by atoms with Crippen LogP contribution < -0.4 is 14.8 Å². The highest BCUT2D eigenvalue weighted by Crippen LogP contribution is 2.32. The van der Waals surface area contributed by atoms with Crippen LogP contribution in [0.15, 0.2) is 72.8 Å². The average molecular weight is 387 g/mol. The van der Waals surface area contributed by atoms with Gasteiger partial charge in [0.15, 0.2) is 11.5 Å². The second-order valence-electron chi connectivity index (χ2n) is 7.27. The van der Waals surface area contributed by atoms with Gasteiger partial charge in [0.1, 0.15) is 0 Å². The summed E-state index contributed by atoms with van der Waals surface area (Å²) in [6.45, 7) is 3.29. The summed E-state index contributed by atoms with van der Waals surface area (Å²) in [6, 6.07) is 23.7. The molecule has 1 unspecified atom stereocenters. The van der Waals surface area contributed by atoms with Crippen molar-refractivity contribution in [2.45, 2.75) is 25.8 Å². The van der Waals surface area contributed by atoms with E-state index in [0.29, 0.717) is 18.8 Å². The Morgan fingerprint density at radius 2 is 1.66 bits per heavy atom. The Morgan fingerprint density at radius 3 is 2.48 bits per heavy atom. The van der Waals surface area contributed by atoms with Crippen molar-refractivity contribution in [1.82, 2.24) is 5.32 Å². The van der Waals surface area contributed by atoms with E-state index in [-0.39, 0.29) is 11.9 Å². The number of ether oxygens (including phenoxy) is 2. The molecular formula is C25H25NO3. The minimum atomic E-state index is -0.149. The number of carbonyl (C=O) groups is 1. The molecule has 1 amide bonds. The average Bonchev–Trinajstić information content (AvgIpc) is 2.99. The highest BCUT2D eigenvalue weighted by Gasteiger charge is 2.17. The molecule has 1 atom stereocenters. The largest absolute Gasteiger partial charge is 0.490 e. The number of hydrogen-bond acceptors (Lipinski definition) is 3. The SMILES string of the molecule is CC(NC(=O)c1ccccc1Cc1ccccc1)c1ccc2c(c1)OCCCO2. The van der Waals surface area contributed by atoms with Gasteiger partial charge in [0.2, 0.25) is 0 Å². The molecule has 0 fully saturated rings. The lowest BCUT2D eigenvalue weighted by atomic mass is 9.98. The zero-order chi connectivity index (χ0) is 20.1. The topological polar surface area (TPSA) is 47.6 Å². The predicted molar refractivity (Wildman–Crippen MR) is 114 cm³/mol. The van der Waals surface area contributed by atoms with E-state index < -0.39 is 0 Å². The third-order valence-corrected chi connectivity index (χ3v) is 5.12. The van der Waals surface area contributed by atoms with Crippen molar-refractivity contribution in [3.05, 3.63) is 95.1 Å². The van der Waals surface area contributed by atoms with Gasteiger partial charge in [0, 0.05) is 12.0 Å². The molecule has 1 heterocycles. The predicted octanol–water partition coefficient (Wildman–Crippen LogP) is 4.93. The Labute approximate surface area is 171 Å². The van der Waals surface area contributed by atoms with Crippen molar-refractivity contribution in [3.63, 3.8) is 0 Å². The fraction of sp³-hybridized carbons (Fsp3) is 0.240. The Bertz CT molecular complexity index is 984. The van der Waals surface area contributed by atoms with E-state index in [4.69, 9.17) is 9.47 Å². The number of rotatable bonds is 5. The van der Waals surface area contributed by atoms with Crippen LogP contribution in [0, 0.1) is 0 Å². The van der Waals surface area contributed by atoms with Crippen LogP contribution in [0.2, 0.25) is 0 Å². The zero-order valence-corrected chi connectivity index (χ0v) is 16.6. The summed E-state index contributed by atoms with van der Waals surface area (Å²) in [7, 11) is 0. The first-order valence-electron chi connectivity index (χ1n) is 10.0. The number of benzene rings is 3. The molecule has 0 radical (unpaired) electrons. The number of fused-ring (bicyclic) bond motifs is 1. The highest BCUT2D eigenvalue weighted by atomic mass is 16.5. The number of hydrogen-bond donors (Lipinski definition) is 1. The van der Waals surface area contributed by atoms with Gasteiger partial charge in [-0.1, -0.05) is 54.6 Å². The zero-order valence-electron chi connectivity index (χ0n) is 16.6. The Balaban J connectivity index is 1.50. The summed E-state index contributed by atoms with van der Waals surface area (Å²) in [4.78, 5) is 13.0. The minimum Gasteiger partial charge on any atom is -0.490 e. The molecule has 0 bridgehead atoms. The second kappa shape index (κ2) is 8.82. The lowest BCUT2D eigenvalue weighted by Crippen LogP contribution is -2.27. The standard InChI is InChI=1S/C25H25NO3/c1-18(20-12-13-23-24(17-20)29-15-7-14-28-23)26-25(27)22-11-6-5-10-21(22)16-19-8-3-2-4-9-19/h2-6,8-13,17-18H,7,14-16H2,1H3,(H,26,27). The third kappa shape index (κ3) is 4.60. The number of nitrogens with one attached hydrogen (secondary N) is 1. The molecule has 148 valence electrons. The van der Waals surface area contributed by atoms with Gasteiger partial charge in [0.05, 0.1) is 19.3 Å². The first-order valence-corrected chi connectivity index (χ1v) is 10.0. The van der Waals surface area contributed by atoms with Gasteiger partial charge in [-0.15, -0.1) is 0 Å². The van der Waals surface area contributed by atoms with Crippen LogP contribution >= 0.6 is 0 Å². The maximum Gasteiger partial charge on any atom is 0.252 e. The van der Waals surface area contributed by atoms with Crippen LogP contribution in [0.5, 0.6) is 11.5 Å². The smallest absolute Gasteiger partial charge is 0.252 e. The molecule has 4 nitrogen and oxygen atoms in total. The molecule has 0 aromatic heterocycles. The number of carbonyl (C=O) groups excluding carboxylic acids is 1. The first kappa shape index (κ1) is 19.1. The van der Waals surface area contributed by atoms with E-state index in [9.17, 15) is 4.79 Å². The van der Waals surface area contributed by atoms with Crippen molar-refractivity contribution in [1.29, 1.82) is 0 Å². The molecule has 4 rings (SSSR count). The van der Waals surface area contributed by atoms with Crippen LogP contribution in [0.25, 0.3) is 0 Å². The van der Waals surface area contributed by atoms with Gasteiger partial charge in [-0.2, -0.15) is 0 Å². The molecule has 29 heavy (non-hydrogen) atoms. The van der Waals surface area contributed by atoms with Gasteiger partial charge in [0.25, 0.3) is 5.91 Å². The number of amides is 1.